The zero-order valence-corrected chi connectivity index (χ0v) is 13.4. The summed E-state index contributed by atoms with van der Waals surface area (Å²) in [5.74, 6) is -0.760. The predicted octanol–water partition coefficient (Wildman–Crippen LogP) is 2.00. The van der Waals surface area contributed by atoms with E-state index in [1.807, 2.05) is 18.7 Å². The highest BCUT2D eigenvalue weighted by Crippen LogP contribution is 2.19. The molecule has 1 N–H and O–H groups in total. The molecule has 8 heteroatoms. The van der Waals surface area contributed by atoms with Crippen LogP contribution in [0, 0.1) is 5.92 Å². The standard InChI is InChI=1S/C13H18ClNO5S/c1-9(2)6-15(8-20-21(18)19)7-10-3-4-11(13(16)17)12(14)5-10/h3-5,9,21H,6-8H2,1-2H3,(H,16,17). The molecule has 21 heavy (non-hydrogen) atoms. The Morgan fingerprint density at radius 2 is 2.10 bits per heavy atom. The number of rotatable bonds is 8. The molecule has 0 atom stereocenters. The van der Waals surface area contributed by atoms with E-state index in [1.54, 1.807) is 12.1 Å². The lowest BCUT2D eigenvalue weighted by molar-refractivity contribution is 0.0697. The monoisotopic (exact) mass is 335 g/mol. The number of carboxylic acids is 1. The van der Waals surface area contributed by atoms with Gasteiger partial charge in [-0.1, -0.05) is 31.5 Å². The lowest BCUT2D eigenvalue weighted by Gasteiger charge is -2.23. The van der Waals surface area contributed by atoms with Crippen molar-refractivity contribution in [2.75, 3.05) is 13.3 Å². The molecule has 0 saturated heterocycles. The van der Waals surface area contributed by atoms with Gasteiger partial charge in [-0.05, 0) is 23.6 Å². The highest BCUT2D eigenvalue weighted by molar-refractivity contribution is 7.67. The van der Waals surface area contributed by atoms with Crippen molar-refractivity contribution in [1.29, 1.82) is 0 Å². The first kappa shape index (κ1) is 17.9. The normalized spacial score (nSPS) is 11.5. The van der Waals surface area contributed by atoms with E-state index in [0.29, 0.717) is 19.0 Å². The van der Waals surface area contributed by atoms with Crippen molar-refractivity contribution in [3.63, 3.8) is 0 Å². The first-order valence-electron chi connectivity index (χ1n) is 6.31. The quantitative estimate of drug-likeness (QED) is 0.558. The summed E-state index contributed by atoms with van der Waals surface area (Å²) >= 11 is 5.91. The Kier molecular flexibility index (Phi) is 7.10. The van der Waals surface area contributed by atoms with Crippen LogP contribution in [0.1, 0.15) is 29.8 Å². The maximum atomic E-state index is 10.9. The van der Waals surface area contributed by atoms with Gasteiger partial charge in [-0.3, -0.25) is 9.08 Å². The average molecular weight is 336 g/mol. The van der Waals surface area contributed by atoms with Crippen molar-refractivity contribution in [3.05, 3.63) is 34.3 Å². The third-order valence-corrected chi connectivity index (χ3v) is 3.28. The number of thiol groups is 1. The Balaban J connectivity index is 2.82. The van der Waals surface area contributed by atoms with Crippen molar-refractivity contribution in [3.8, 4) is 0 Å². The Bertz CT molecular complexity index is 566. The number of halogens is 1. The Morgan fingerprint density at radius 1 is 1.43 bits per heavy atom. The molecule has 1 rings (SSSR count). The van der Waals surface area contributed by atoms with Gasteiger partial charge in [-0.2, -0.15) is 0 Å². The molecule has 1 aromatic carbocycles. The molecule has 0 aliphatic carbocycles. The predicted molar refractivity (Wildman–Crippen MR) is 79.9 cm³/mol. The van der Waals surface area contributed by atoms with Gasteiger partial charge in [0.2, 0.25) is 0 Å². The van der Waals surface area contributed by atoms with Crippen LogP contribution in [0.5, 0.6) is 0 Å². The maximum Gasteiger partial charge on any atom is 0.337 e. The minimum Gasteiger partial charge on any atom is -0.478 e. The van der Waals surface area contributed by atoms with Crippen molar-refractivity contribution in [2.45, 2.75) is 20.4 Å². The van der Waals surface area contributed by atoms with Gasteiger partial charge in [-0.25, -0.2) is 13.2 Å². The Hall–Kier alpha value is -1.15. The minimum absolute atomic E-state index is 0.0368. The van der Waals surface area contributed by atoms with Crippen molar-refractivity contribution in [2.24, 2.45) is 5.92 Å². The van der Waals surface area contributed by atoms with Crippen LogP contribution < -0.4 is 0 Å². The van der Waals surface area contributed by atoms with Crippen LogP contribution in [0.15, 0.2) is 18.2 Å². The minimum atomic E-state index is -2.90. The SMILES string of the molecule is CC(C)CN(CO[SH](=O)=O)Cc1ccc(C(=O)O)c(Cl)c1. The molecule has 1 aromatic rings. The van der Waals surface area contributed by atoms with Gasteiger partial charge in [0.1, 0.15) is 6.73 Å². The average Bonchev–Trinajstić information content (AvgIpc) is 2.34. The third kappa shape index (κ3) is 6.43. The van der Waals surface area contributed by atoms with Crippen LogP contribution in [0.2, 0.25) is 5.02 Å². The van der Waals surface area contributed by atoms with E-state index in [-0.39, 0.29) is 17.3 Å². The third-order valence-electron chi connectivity index (χ3n) is 2.64. The fraction of sp³-hybridized carbons (Fsp3) is 0.462. The van der Waals surface area contributed by atoms with Gasteiger partial charge in [0.25, 0.3) is 11.0 Å². The summed E-state index contributed by atoms with van der Waals surface area (Å²) < 4.78 is 25.7. The number of carboxylic acid groups (broad SMARTS) is 1. The first-order chi connectivity index (χ1) is 9.79. The van der Waals surface area contributed by atoms with Gasteiger partial charge in [0.05, 0.1) is 10.6 Å². The topological polar surface area (TPSA) is 83.9 Å². The summed E-state index contributed by atoms with van der Waals surface area (Å²) in [5.41, 5.74) is 0.824. The van der Waals surface area contributed by atoms with E-state index in [9.17, 15) is 13.2 Å². The number of hydrogen-bond donors (Lipinski definition) is 2. The second-order valence-corrected chi connectivity index (χ2v) is 6.12. The smallest absolute Gasteiger partial charge is 0.337 e. The molecule has 0 spiro atoms. The summed E-state index contributed by atoms with van der Waals surface area (Å²) in [4.78, 5) is 12.7. The molecule has 0 bridgehead atoms. The molecule has 0 aromatic heterocycles. The molecule has 0 aliphatic heterocycles. The lowest BCUT2D eigenvalue weighted by Crippen LogP contribution is -2.29. The fourth-order valence-corrected chi connectivity index (χ4v) is 2.44. The van der Waals surface area contributed by atoms with E-state index >= 15 is 0 Å². The molecule has 118 valence electrons. The molecule has 0 unspecified atom stereocenters. The van der Waals surface area contributed by atoms with E-state index in [4.69, 9.17) is 16.7 Å². The van der Waals surface area contributed by atoms with Gasteiger partial charge in [0, 0.05) is 13.1 Å². The van der Waals surface area contributed by atoms with Crippen molar-refractivity contribution < 1.29 is 22.5 Å². The lowest BCUT2D eigenvalue weighted by atomic mass is 10.1. The van der Waals surface area contributed by atoms with E-state index in [1.165, 1.54) is 6.07 Å². The summed E-state index contributed by atoms with van der Waals surface area (Å²) in [6, 6.07) is 4.65. The number of benzene rings is 1. The largest absolute Gasteiger partial charge is 0.478 e. The Morgan fingerprint density at radius 3 is 2.57 bits per heavy atom. The highest BCUT2D eigenvalue weighted by atomic mass is 35.5. The molecule has 0 radical (unpaired) electrons. The van der Waals surface area contributed by atoms with Crippen LogP contribution in [0.4, 0.5) is 0 Å². The summed E-state index contributed by atoms with van der Waals surface area (Å²) in [6.07, 6.45) is 0. The van der Waals surface area contributed by atoms with Crippen LogP contribution in [0.3, 0.4) is 0 Å². The molecule has 0 fully saturated rings. The van der Waals surface area contributed by atoms with Crippen molar-refractivity contribution >= 4 is 28.6 Å². The maximum absolute atomic E-state index is 10.9. The summed E-state index contributed by atoms with van der Waals surface area (Å²) in [5, 5.41) is 9.07. The summed E-state index contributed by atoms with van der Waals surface area (Å²) in [7, 11) is -2.90. The zero-order chi connectivity index (χ0) is 16.0. The number of carbonyl (C=O) groups is 1. The first-order valence-corrected chi connectivity index (χ1v) is 7.78. The fourth-order valence-electron chi connectivity index (χ4n) is 1.90. The van der Waals surface area contributed by atoms with E-state index < -0.39 is 17.0 Å². The molecule has 0 heterocycles. The van der Waals surface area contributed by atoms with Gasteiger partial charge in [0.15, 0.2) is 0 Å². The van der Waals surface area contributed by atoms with Crippen LogP contribution >= 0.6 is 11.6 Å². The summed E-state index contributed by atoms with van der Waals surface area (Å²) in [6.45, 7) is 5.02. The number of aromatic carboxylic acids is 1. The number of nitrogens with zero attached hydrogens (tertiary/aromatic N) is 1. The molecule has 0 aliphatic rings. The van der Waals surface area contributed by atoms with Gasteiger partial charge < -0.3 is 5.11 Å². The van der Waals surface area contributed by atoms with Crippen LogP contribution in [-0.4, -0.2) is 37.7 Å². The molecular weight excluding hydrogens is 318 g/mol. The second kappa shape index (κ2) is 8.33. The highest BCUT2D eigenvalue weighted by Gasteiger charge is 2.12. The molecular formula is C13H18ClNO5S. The van der Waals surface area contributed by atoms with Crippen LogP contribution in [0.25, 0.3) is 0 Å². The van der Waals surface area contributed by atoms with E-state index in [0.717, 1.165) is 5.56 Å². The number of hydrogen-bond acceptors (Lipinski definition) is 5. The van der Waals surface area contributed by atoms with E-state index in [2.05, 4.69) is 4.18 Å². The molecule has 6 nitrogen and oxygen atoms in total. The van der Waals surface area contributed by atoms with Gasteiger partial charge in [-0.15, -0.1) is 0 Å². The molecule has 0 saturated carbocycles. The second-order valence-electron chi connectivity index (χ2n) is 5.01. The molecule has 0 amide bonds. The zero-order valence-electron chi connectivity index (χ0n) is 11.8. The Labute approximate surface area is 130 Å². The van der Waals surface area contributed by atoms with Gasteiger partial charge >= 0.3 is 5.97 Å². The van der Waals surface area contributed by atoms with Crippen LogP contribution in [-0.2, 0) is 21.7 Å². The van der Waals surface area contributed by atoms with Crippen molar-refractivity contribution in [1.82, 2.24) is 4.90 Å².